The maximum Gasteiger partial charge on any atom is 0.243 e. The Hall–Kier alpha value is -1.04. The third-order valence-corrected chi connectivity index (χ3v) is 4.14. The highest BCUT2D eigenvalue weighted by Crippen LogP contribution is 2.30. The van der Waals surface area contributed by atoms with Crippen LogP contribution < -0.4 is 5.73 Å². The predicted octanol–water partition coefficient (Wildman–Crippen LogP) is 2.19. The SMILES string of the molecule is CC(C)(C)N=C(N)CCSC1CC(=O)N(C(C)(C)C)C1=O. The van der Waals surface area contributed by atoms with Crippen molar-refractivity contribution in [3.8, 4) is 0 Å². The molecule has 1 fully saturated rings. The number of nitrogens with two attached hydrogens (primary N) is 1. The molecule has 1 saturated heterocycles. The zero-order valence-electron chi connectivity index (χ0n) is 13.9. The van der Waals surface area contributed by atoms with E-state index < -0.39 is 5.54 Å². The number of rotatable bonds is 4. The summed E-state index contributed by atoms with van der Waals surface area (Å²) in [5, 5.41) is -0.279. The van der Waals surface area contributed by atoms with Crippen molar-refractivity contribution in [1.82, 2.24) is 4.90 Å². The Morgan fingerprint density at radius 1 is 1.29 bits per heavy atom. The van der Waals surface area contributed by atoms with Crippen molar-refractivity contribution in [1.29, 1.82) is 0 Å². The molecular formula is C15H27N3O2S. The maximum atomic E-state index is 12.3. The van der Waals surface area contributed by atoms with Gasteiger partial charge >= 0.3 is 0 Å². The first-order chi connectivity index (χ1) is 9.42. The lowest BCUT2D eigenvalue weighted by Crippen LogP contribution is -2.45. The van der Waals surface area contributed by atoms with Gasteiger partial charge in [0.1, 0.15) is 0 Å². The molecular weight excluding hydrogens is 286 g/mol. The maximum absolute atomic E-state index is 12.3. The van der Waals surface area contributed by atoms with Crippen LogP contribution in [0.4, 0.5) is 0 Å². The average molecular weight is 313 g/mol. The first-order valence-corrected chi connectivity index (χ1v) is 8.29. The van der Waals surface area contributed by atoms with Crippen molar-refractivity contribution in [2.45, 2.75) is 70.7 Å². The van der Waals surface area contributed by atoms with Crippen LogP contribution in [0.25, 0.3) is 0 Å². The first-order valence-electron chi connectivity index (χ1n) is 7.24. The van der Waals surface area contributed by atoms with Gasteiger partial charge in [-0.15, -0.1) is 11.8 Å². The zero-order chi connectivity index (χ0) is 16.4. The van der Waals surface area contributed by atoms with E-state index in [0.717, 1.165) is 0 Å². The molecule has 0 aliphatic carbocycles. The number of nitrogens with zero attached hydrogens (tertiary/aromatic N) is 2. The first kappa shape index (κ1) is 18.0. The summed E-state index contributed by atoms with van der Waals surface area (Å²) >= 11 is 1.50. The van der Waals surface area contributed by atoms with Crippen LogP contribution in [0.2, 0.25) is 0 Å². The van der Waals surface area contributed by atoms with Crippen LogP contribution in [0, 0.1) is 0 Å². The van der Waals surface area contributed by atoms with Crippen LogP contribution in [0.1, 0.15) is 54.4 Å². The monoisotopic (exact) mass is 313 g/mol. The van der Waals surface area contributed by atoms with E-state index in [0.29, 0.717) is 18.0 Å². The molecule has 2 N–H and O–H groups in total. The second-order valence-corrected chi connectivity index (χ2v) is 8.64. The van der Waals surface area contributed by atoms with Gasteiger partial charge in [-0.2, -0.15) is 0 Å². The summed E-state index contributed by atoms with van der Waals surface area (Å²) in [6, 6.07) is 0. The molecule has 1 atom stereocenters. The predicted molar refractivity (Wildman–Crippen MR) is 88.5 cm³/mol. The van der Waals surface area contributed by atoms with Gasteiger partial charge < -0.3 is 5.73 Å². The summed E-state index contributed by atoms with van der Waals surface area (Å²) in [5.74, 6) is 1.14. The molecule has 1 unspecified atom stereocenters. The van der Waals surface area contributed by atoms with E-state index in [9.17, 15) is 9.59 Å². The minimum absolute atomic E-state index is 0.0798. The number of hydrogen-bond donors (Lipinski definition) is 1. The van der Waals surface area contributed by atoms with Gasteiger partial charge in [-0.3, -0.25) is 19.5 Å². The zero-order valence-corrected chi connectivity index (χ0v) is 14.7. The molecule has 0 aromatic carbocycles. The van der Waals surface area contributed by atoms with Gasteiger partial charge in [-0.1, -0.05) is 0 Å². The van der Waals surface area contributed by atoms with Crippen LogP contribution in [-0.4, -0.2) is 44.6 Å². The van der Waals surface area contributed by atoms with E-state index in [1.54, 1.807) is 0 Å². The van der Waals surface area contributed by atoms with Crippen molar-refractivity contribution in [3.63, 3.8) is 0 Å². The second-order valence-electron chi connectivity index (χ2n) is 7.33. The fourth-order valence-electron chi connectivity index (χ4n) is 2.23. The van der Waals surface area contributed by atoms with Gasteiger partial charge in [0.2, 0.25) is 11.8 Å². The molecule has 1 heterocycles. The highest BCUT2D eigenvalue weighted by atomic mass is 32.2. The number of thioether (sulfide) groups is 1. The van der Waals surface area contributed by atoms with E-state index in [4.69, 9.17) is 5.73 Å². The van der Waals surface area contributed by atoms with E-state index in [1.165, 1.54) is 16.7 Å². The molecule has 5 nitrogen and oxygen atoms in total. The molecule has 0 aromatic rings. The van der Waals surface area contributed by atoms with Gasteiger partial charge in [0.25, 0.3) is 0 Å². The lowest BCUT2D eigenvalue weighted by molar-refractivity contribution is -0.143. The molecule has 0 aromatic heterocycles. The number of hydrogen-bond acceptors (Lipinski definition) is 4. The topological polar surface area (TPSA) is 75.8 Å². The molecule has 6 heteroatoms. The average Bonchev–Trinajstić information content (AvgIpc) is 2.50. The second kappa shape index (κ2) is 6.38. The number of amides is 2. The lowest BCUT2D eigenvalue weighted by atomic mass is 10.1. The Morgan fingerprint density at radius 3 is 2.29 bits per heavy atom. The van der Waals surface area contributed by atoms with E-state index in [1.807, 2.05) is 41.5 Å². The summed E-state index contributed by atoms with van der Waals surface area (Å²) in [7, 11) is 0. The Morgan fingerprint density at radius 2 is 1.86 bits per heavy atom. The minimum Gasteiger partial charge on any atom is -0.387 e. The van der Waals surface area contributed by atoms with E-state index in [2.05, 4.69) is 4.99 Å². The van der Waals surface area contributed by atoms with Gasteiger partial charge in [-0.05, 0) is 41.5 Å². The van der Waals surface area contributed by atoms with Crippen LogP contribution >= 0.6 is 11.8 Å². The third kappa shape index (κ3) is 5.34. The van der Waals surface area contributed by atoms with Gasteiger partial charge in [0, 0.05) is 24.1 Å². The Labute approximate surface area is 131 Å². The normalized spacial score (nSPS) is 21.3. The summed E-state index contributed by atoms with van der Waals surface area (Å²) in [6.45, 7) is 11.6. The largest absolute Gasteiger partial charge is 0.387 e. The Kier molecular flexibility index (Phi) is 5.47. The smallest absolute Gasteiger partial charge is 0.243 e. The van der Waals surface area contributed by atoms with Crippen molar-refractivity contribution in [2.75, 3.05) is 5.75 Å². The fourth-order valence-corrected chi connectivity index (χ4v) is 3.35. The van der Waals surface area contributed by atoms with Crippen LogP contribution in [0.15, 0.2) is 4.99 Å². The third-order valence-electron chi connectivity index (χ3n) is 2.93. The number of amidine groups is 1. The highest BCUT2D eigenvalue weighted by molar-refractivity contribution is 8.00. The van der Waals surface area contributed by atoms with Crippen molar-refractivity contribution in [3.05, 3.63) is 0 Å². The van der Waals surface area contributed by atoms with Crippen LogP contribution in [-0.2, 0) is 9.59 Å². The minimum atomic E-state index is -0.448. The molecule has 0 spiro atoms. The Balaban J connectivity index is 2.54. The number of aliphatic imine (C=N–C) groups is 1. The molecule has 2 amide bonds. The number of imide groups is 1. The van der Waals surface area contributed by atoms with Crippen LogP contribution in [0.3, 0.4) is 0 Å². The molecule has 21 heavy (non-hydrogen) atoms. The molecule has 0 radical (unpaired) electrons. The summed E-state index contributed by atoms with van der Waals surface area (Å²) < 4.78 is 0. The fraction of sp³-hybridized carbons (Fsp3) is 0.800. The van der Waals surface area contributed by atoms with Crippen molar-refractivity contribution >= 4 is 29.4 Å². The molecule has 1 aliphatic rings. The Bertz CT molecular complexity index is 447. The van der Waals surface area contributed by atoms with Gasteiger partial charge in [0.15, 0.2) is 0 Å². The number of carbonyl (C=O) groups is 2. The number of carbonyl (C=O) groups excluding carboxylic acids is 2. The summed E-state index contributed by atoms with van der Waals surface area (Å²) in [4.78, 5) is 30.0. The standard InChI is InChI=1S/C15H27N3O2S/c1-14(2,3)17-11(16)7-8-21-10-9-12(19)18(13(10)20)15(4,5)6/h10H,7-9H2,1-6H3,(H2,16,17). The van der Waals surface area contributed by atoms with E-state index >= 15 is 0 Å². The quantitative estimate of drug-likeness (QED) is 0.490. The number of likely N-dealkylation sites (tertiary alicyclic amines) is 1. The van der Waals surface area contributed by atoms with Crippen molar-refractivity contribution in [2.24, 2.45) is 10.7 Å². The van der Waals surface area contributed by atoms with Crippen LogP contribution in [0.5, 0.6) is 0 Å². The summed E-state index contributed by atoms with van der Waals surface area (Å²) in [6.07, 6.45) is 0.923. The van der Waals surface area contributed by atoms with Gasteiger partial charge in [0.05, 0.1) is 16.6 Å². The highest BCUT2D eigenvalue weighted by Gasteiger charge is 2.43. The lowest BCUT2D eigenvalue weighted by Gasteiger charge is -2.30. The summed E-state index contributed by atoms with van der Waals surface area (Å²) in [5.41, 5.74) is 5.25. The molecule has 0 saturated carbocycles. The molecule has 1 aliphatic heterocycles. The van der Waals surface area contributed by atoms with Gasteiger partial charge in [-0.25, -0.2) is 0 Å². The molecule has 120 valence electrons. The van der Waals surface area contributed by atoms with E-state index in [-0.39, 0.29) is 29.0 Å². The van der Waals surface area contributed by atoms with Crippen molar-refractivity contribution < 1.29 is 9.59 Å². The molecule has 1 rings (SSSR count). The molecule has 0 bridgehead atoms.